The lowest BCUT2D eigenvalue weighted by molar-refractivity contribution is 0.190. The molecule has 1 aromatic rings. The van der Waals surface area contributed by atoms with Crippen LogP contribution in [-0.4, -0.2) is 50.6 Å². The molecule has 0 radical (unpaired) electrons. The van der Waals surface area contributed by atoms with E-state index < -0.39 is 0 Å². The zero-order valence-corrected chi connectivity index (χ0v) is 12.9. The first-order valence-electron chi connectivity index (χ1n) is 6.96. The molecule has 1 N–H and O–H groups in total. The molecule has 0 atom stereocenters. The summed E-state index contributed by atoms with van der Waals surface area (Å²) in [6.45, 7) is 6.98. The highest BCUT2D eigenvalue weighted by Gasteiger charge is 2.12. The first-order valence-corrected chi connectivity index (χ1v) is 6.96. The Hall–Kier alpha value is -1.17. The van der Waals surface area contributed by atoms with Gasteiger partial charge in [-0.15, -0.1) is 0 Å². The van der Waals surface area contributed by atoms with Gasteiger partial charge in [-0.25, -0.2) is 4.98 Å². The standard InChI is InChI=1S/C15H26N2O3/c1-12(2)14-9-13(11-18)10-15(16-14)17(5-7-19-3)6-8-20-4/h9-10,12,18H,5-8,11H2,1-4H3. The van der Waals surface area contributed by atoms with Crippen molar-refractivity contribution in [1.82, 2.24) is 4.98 Å². The molecule has 0 unspecified atom stereocenters. The molecule has 5 nitrogen and oxygen atoms in total. The Morgan fingerprint density at radius 2 is 1.75 bits per heavy atom. The molecule has 0 fully saturated rings. The molecule has 114 valence electrons. The molecule has 0 saturated carbocycles. The molecule has 1 aromatic heterocycles. The predicted octanol–water partition coefficient (Wildman–Crippen LogP) is 1.80. The number of pyridine rings is 1. The fourth-order valence-corrected chi connectivity index (χ4v) is 1.89. The van der Waals surface area contributed by atoms with Crippen LogP contribution in [0.25, 0.3) is 0 Å². The summed E-state index contributed by atoms with van der Waals surface area (Å²) in [5.41, 5.74) is 1.88. The number of aliphatic hydroxyl groups excluding tert-OH is 1. The van der Waals surface area contributed by atoms with Gasteiger partial charge < -0.3 is 19.5 Å². The van der Waals surface area contributed by atoms with Crippen molar-refractivity contribution in [1.29, 1.82) is 0 Å². The third-order valence-electron chi connectivity index (χ3n) is 3.12. The van der Waals surface area contributed by atoms with E-state index in [1.165, 1.54) is 0 Å². The van der Waals surface area contributed by atoms with Gasteiger partial charge in [0.25, 0.3) is 0 Å². The topological polar surface area (TPSA) is 54.8 Å². The van der Waals surface area contributed by atoms with Crippen LogP contribution in [0.3, 0.4) is 0 Å². The van der Waals surface area contributed by atoms with Gasteiger partial charge in [-0.1, -0.05) is 13.8 Å². The van der Waals surface area contributed by atoms with Crippen LogP contribution in [-0.2, 0) is 16.1 Å². The van der Waals surface area contributed by atoms with E-state index in [1.807, 2.05) is 12.1 Å². The highest BCUT2D eigenvalue weighted by Crippen LogP contribution is 2.20. The SMILES string of the molecule is COCCN(CCOC)c1cc(CO)cc(C(C)C)n1. The maximum Gasteiger partial charge on any atom is 0.129 e. The maximum atomic E-state index is 9.41. The second-order valence-corrected chi connectivity index (χ2v) is 5.04. The zero-order valence-electron chi connectivity index (χ0n) is 12.9. The van der Waals surface area contributed by atoms with Crippen LogP contribution in [0.4, 0.5) is 5.82 Å². The monoisotopic (exact) mass is 282 g/mol. The van der Waals surface area contributed by atoms with Crippen molar-refractivity contribution in [3.05, 3.63) is 23.4 Å². The first kappa shape index (κ1) is 16.9. The number of rotatable bonds is 9. The number of aromatic nitrogens is 1. The highest BCUT2D eigenvalue weighted by molar-refractivity contribution is 5.43. The summed E-state index contributed by atoms with van der Waals surface area (Å²) in [4.78, 5) is 6.81. The normalized spacial score (nSPS) is 11.1. The minimum Gasteiger partial charge on any atom is -0.392 e. The smallest absolute Gasteiger partial charge is 0.129 e. The lowest BCUT2D eigenvalue weighted by Crippen LogP contribution is -2.31. The van der Waals surface area contributed by atoms with Crippen molar-refractivity contribution in [3.8, 4) is 0 Å². The van der Waals surface area contributed by atoms with Crippen molar-refractivity contribution in [2.24, 2.45) is 0 Å². The third-order valence-corrected chi connectivity index (χ3v) is 3.12. The van der Waals surface area contributed by atoms with E-state index >= 15 is 0 Å². The van der Waals surface area contributed by atoms with E-state index in [-0.39, 0.29) is 6.61 Å². The van der Waals surface area contributed by atoms with Gasteiger partial charge in [0.15, 0.2) is 0 Å². The summed E-state index contributed by atoms with van der Waals surface area (Å²) < 4.78 is 10.3. The van der Waals surface area contributed by atoms with Gasteiger partial charge in [0, 0.05) is 33.0 Å². The Kier molecular flexibility index (Phi) is 7.51. The van der Waals surface area contributed by atoms with Crippen LogP contribution >= 0.6 is 0 Å². The minimum absolute atomic E-state index is 0.0254. The largest absolute Gasteiger partial charge is 0.392 e. The van der Waals surface area contributed by atoms with E-state index in [0.29, 0.717) is 19.1 Å². The van der Waals surface area contributed by atoms with Crippen LogP contribution in [0.5, 0.6) is 0 Å². The van der Waals surface area contributed by atoms with Gasteiger partial charge in [0.05, 0.1) is 19.8 Å². The molecule has 0 aliphatic carbocycles. The number of hydrogen-bond donors (Lipinski definition) is 1. The average molecular weight is 282 g/mol. The molecule has 0 amide bonds. The van der Waals surface area contributed by atoms with Crippen molar-refractivity contribution in [2.45, 2.75) is 26.4 Å². The van der Waals surface area contributed by atoms with Crippen molar-refractivity contribution >= 4 is 5.82 Å². The fourth-order valence-electron chi connectivity index (χ4n) is 1.89. The molecule has 0 bridgehead atoms. The van der Waals surface area contributed by atoms with Crippen LogP contribution in [0.15, 0.2) is 12.1 Å². The Morgan fingerprint density at radius 1 is 1.15 bits per heavy atom. The fraction of sp³-hybridized carbons (Fsp3) is 0.667. The Labute approximate surface area is 121 Å². The van der Waals surface area contributed by atoms with Crippen LogP contribution in [0, 0.1) is 0 Å². The molecular weight excluding hydrogens is 256 g/mol. The van der Waals surface area contributed by atoms with E-state index in [1.54, 1.807) is 14.2 Å². The predicted molar refractivity (Wildman–Crippen MR) is 80.2 cm³/mol. The Morgan fingerprint density at radius 3 is 2.20 bits per heavy atom. The molecule has 20 heavy (non-hydrogen) atoms. The number of hydrogen-bond acceptors (Lipinski definition) is 5. The van der Waals surface area contributed by atoms with Crippen LogP contribution in [0.1, 0.15) is 31.0 Å². The first-order chi connectivity index (χ1) is 9.62. The van der Waals surface area contributed by atoms with Crippen molar-refractivity contribution < 1.29 is 14.6 Å². The molecular formula is C15H26N2O3. The minimum atomic E-state index is 0.0254. The van der Waals surface area contributed by atoms with Crippen molar-refractivity contribution in [2.75, 3.05) is 45.4 Å². The zero-order chi connectivity index (χ0) is 15.0. The second-order valence-electron chi connectivity index (χ2n) is 5.04. The summed E-state index contributed by atoms with van der Waals surface area (Å²) in [6, 6.07) is 3.89. The Balaban J connectivity index is 2.99. The summed E-state index contributed by atoms with van der Waals surface area (Å²) in [5, 5.41) is 9.41. The van der Waals surface area contributed by atoms with Crippen LogP contribution < -0.4 is 4.90 Å². The maximum absolute atomic E-state index is 9.41. The quantitative estimate of drug-likeness (QED) is 0.748. The number of aliphatic hydroxyl groups is 1. The van der Waals surface area contributed by atoms with Gasteiger partial charge in [-0.05, 0) is 23.6 Å². The lowest BCUT2D eigenvalue weighted by Gasteiger charge is -2.24. The van der Waals surface area contributed by atoms with Gasteiger partial charge >= 0.3 is 0 Å². The van der Waals surface area contributed by atoms with E-state index in [4.69, 9.17) is 14.5 Å². The number of nitrogens with zero attached hydrogens (tertiary/aromatic N) is 2. The molecule has 1 rings (SSSR count). The number of anilines is 1. The van der Waals surface area contributed by atoms with E-state index in [0.717, 1.165) is 30.2 Å². The van der Waals surface area contributed by atoms with Gasteiger partial charge in [0.1, 0.15) is 5.82 Å². The van der Waals surface area contributed by atoms with Crippen molar-refractivity contribution in [3.63, 3.8) is 0 Å². The lowest BCUT2D eigenvalue weighted by atomic mass is 10.1. The van der Waals surface area contributed by atoms with Crippen LogP contribution in [0.2, 0.25) is 0 Å². The summed E-state index contributed by atoms with van der Waals surface area (Å²) in [5.74, 6) is 1.20. The molecule has 1 heterocycles. The molecule has 0 spiro atoms. The number of methoxy groups -OCH3 is 2. The molecule has 0 aliphatic heterocycles. The number of ether oxygens (including phenoxy) is 2. The molecule has 0 aromatic carbocycles. The van der Waals surface area contributed by atoms with E-state index in [2.05, 4.69) is 18.7 Å². The summed E-state index contributed by atoms with van der Waals surface area (Å²) >= 11 is 0. The average Bonchev–Trinajstić information content (AvgIpc) is 2.46. The molecule has 0 saturated heterocycles. The Bertz CT molecular complexity index is 389. The van der Waals surface area contributed by atoms with E-state index in [9.17, 15) is 5.11 Å². The highest BCUT2D eigenvalue weighted by atomic mass is 16.5. The van der Waals surface area contributed by atoms with Gasteiger partial charge in [0.2, 0.25) is 0 Å². The second kappa shape index (κ2) is 8.89. The summed E-state index contributed by atoms with van der Waals surface area (Å²) in [7, 11) is 3.37. The molecule has 5 heteroatoms. The van der Waals surface area contributed by atoms with Gasteiger partial charge in [-0.2, -0.15) is 0 Å². The summed E-state index contributed by atoms with van der Waals surface area (Å²) in [6.07, 6.45) is 0. The third kappa shape index (κ3) is 5.07. The van der Waals surface area contributed by atoms with Gasteiger partial charge in [-0.3, -0.25) is 0 Å². The molecule has 0 aliphatic rings.